The van der Waals surface area contributed by atoms with E-state index < -0.39 is 11.4 Å². The van der Waals surface area contributed by atoms with Crippen molar-refractivity contribution in [2.45, 2.75) is 12.8 Å². The predicted octanol–water partition coefficient (Wildman–Crippen LogP) is 0.219. The van der Waals surface area contributed by atoms with E-state index in [1.807, 2.05) is 0 Å². The lowest BCUT2D eigenvalue weighted by Gasteiger charge is -2.35. The minimum absolute atomic E-state index is 0.0362. The first-order valence-electron chi connectivity index (χ1n) is 5.41. The third-order valence-electron chi connectivity index (χ3n) is 3.97. The first kappa shape index (κ1) is 9.00. The topological polar surface area (TPSA) is 60.9 Å². The molecule has 0 radical (unpaired) electrons. The summed E-state index contributed by atoms with van der Waals surface area (Å²) in [6.07, 6.45) is 1.83. The van der Waals surface area contributed by atoms with Crippen molar-refractivity contribution in [1.82, 2.24) is 9.80 Å². The summed E-state index contributed by atoms with van der Waals surface area (Å²) in [4.78, 5) is 26.4. The van der Waals surface area contributed by atoms with Crippen molar-refractivity contribution in [2.24, 2.45) is 11.3 Å². The average Bonchev–Trinajstić information content (AvgIpc) is 2.67. The smallest absolute Gasteiger partial charge is 0.320 e. The Balaban J connectivity index is 1.67. The zero-order valence-corrected chi connectivity index (χ0v) is 8.48. The second kappa shape index (κ2) is 2.65. The number of carboxylic acids is 1. The molecule has 2 saturated heterocycles. The van der Waals surface area contributed by atoms with Crippen molar-refractivity contribution in [2.75, 3.05) is 26.2 Å². The molecule has 2 heterocycles. The third kappa shape index (κ3) is 1.09. The Hall–Kier alpha value is -1.26. The maximum atomic E-state index is 11.8. The quantitative estimate of drug-likeness (QED) is 0.673. The number of fused-ring (bicyclic) bond motifs is 1. The highest BCUT2D eigenvalue weighted by Crippen LogP contribution is 2.58. The Bertz CT molecular complexity index is 340. The summed E-state index contributed by atoms with van der Waals surface area (Å²) in [6.45, 7) is 2.73. The van der Waals surface area contributed by atoms with Crippen LogP contribution in [-0.2, 0) is 4.79 Å². The molecule has 1 N–H and O–H groups in total. The van der Waals surface area contributed by atoms with Crippen LogP contribution in [0.4, 0.5) is 4.79 Å². The second-order valence-corrected chi connectivity index (χ2v) is 4.87. The van der Waals surface area contributed by atoms with Crippen LogP contribution >= 0.6 is 0 Å². The predicted molar refractivity (Wildman–Crippen MR) is 51.3 cm³/mol. The summed E-state index contributed by atoms with van der Waals surface area (Å²) in [6, 6.07) is 0.0362. The summed E-state index contributed by atoms with van der Waals surface area (Å²) < 4.78 is 0. The van der Waals surface area contributed by atoms with Gasteiger partial charge in [0.2, 0.25) is 0 Å². The summed E-state index contributed by atoms with van der Waals surface area (Å²) >= 11 is 0. The van der Waals surface area contributed by atoms with E-state index in [1.165, 1.54) is 0 Å². The standard InChI is InChI=1S/C10H14N2O3/c13-8(14)10-4-7(10)5-12(6-10)9(15)11-2-1-3-11/h7H,1-6H2,(H,13,14). The summed E-state index contributed by atoms with van der Waals surface area (Å²) in [5, 5.41) is 9.07. The molecular weight excluding hydrogens is 196 g/mol. The normalized spacial score (nSPS) is 37.2. The number of carbonyl (C=O) groups excluding carboxylic acids is 1. The molecule has 3 rings (SSSR count). The van der Waals surface area contributed by atoms with Crippen molar-refractivity contribution in [1.29, 1.82) is 0 Å². The first-order chi connectivity index (χ1) is 7.13. The molecule has 0 aromatic rings. The molecule has 2 unspecified atom stereocenters. The molecular formula is C10H14N2O3. The number of aliphatic carboxylic acids is 1. The number of nitrogens with zero attached hydrogens (tertiary/aromatic N) is 2. The van der Waals surface area contributed by atoms with Crippen molar-refractivity contribution >= 4 is 12.0 Å². The first-order valence-corrected chi connectivity index (χ1v) is 5.41. The molecule has 0 bridgehead atoms. The number of carbonyl (C=O) groups is 2. The lowest BCUT2D eigenvalue weighted by Crippen LogP contribution is -2.50. The van der Waals surface area contributed by atoms with Gasteiger partial charge in [0.1, 0.15) is 0 Å². The largest absolute Gasteiger partial charge is 0.481 e. The van der Waals surface area contributed by atoms with Gasteiger partial charge < -0.3 is 14.9 Å². The number of urea groups is 1. The van der Waals surface area contributed by atoms with Crippen molar-refractivity contribution in [3.05, 3.63) is 0 Å². The van der Waals surface area contributed by atoms with Gasteiger partial charge >= 0.3 is 12.0 Å². The molecule has 2 aliphatic heterocycles. The number of hydrogen-bond acceptors (Lipinski definition) is 2. The Kier molecular flexibility index (Phi) is 1.59. The van der Waals surface area contributed by atoms with Crippen LogP contribution in [0.5, 0.6) is 0 Å². The Labute approximate surface area is 87.6 Å². The highest BCUT2D eigenvalue weighted by atomic mass is 16.4. The van der Waals surface area contributed by atoms with E-state index in [0.29, 0.717) is 13.1 Å². The minimum atomic E-state index is -0.730. The molecule has 1 saturated carbocycles. The molecule has 2 amide bonds. The van der Waals surface area contributed by atoms with E-state index in [4.69, 9.17) is 5.11 Å². The lowest BCUT2D eigenvalue weighted by molar-refractivity contribution is -0.143. The highest BCUT2D eigenvalue weighted by Gasteiger charge is 2.66. The van der Waals surface area contributed by atoms with Gasteiger partial charge in [0.25, 0.3) is 0 Å². The average molecular weight is 210 g/mol. The van der Waals surface area contributed by atoms with Crippen LogP contribution in [0, 0.1) is 11.3 Å². The fourth-order valence-corrected chi connectivity index (χ4v) is 2.67. The van der Waals surface area contributed by atoms with Gasteiger partial charge in [-0.3, -0.25) is 4.79 Å². The lowest BCUT2D eigenvalue weighted by atomic mass is 10.1. The molecule has 5 nitrogen and oxygen atoms in total. The molecule has 0 aromatic carbocycles. The maximum Gasteiger partial charge on any atom is 0.320 e. The van der Waals surface area contributed by atoms with Crippen LogP contribution in [0.2, 0.25) is 0 Å². The number of amides is 2. The van der Waals surface area contributed by atoms with E-state index in [9.17, 15) is 9.59 Å². The van der Waals surface area contributed by atoms with E-state index in [-0.39, 0.29) is 11.9 Å². The van der Waals surface area contributed by atoms with Crippen LogP contribution in [0.3, 0.4) is 0 Å². The zero-order chi connectivity index (χ0) is 10.6. The molecule has 15 heavy (non-hydrogen) atoms. The van der Waals surface area contributed by atoms with Crippen LogP contribution in [0.25, 0.3) is 0 Å². The molecule has 0 spiro atoms. The fraction of sp³-hybridized carbons (Fsp3) is 0.800. The molecule has 5 heteroatoms. The van der Waals surface area contributed by atoms with E-state index in [1.54, 1.807) is 9.80 Å². The molecule has 82 valence electrons. The summed E-state index contributed by atoms with van der Waals surface area (Å²) in [5.41, 5.74) is -0.583. The number of likely N-dealkylation sites (tertiary alicyclic amines) is 2. The van der Waals surface area contributed by atoms with Gasteiger partial charge in [-0.15, -0.1) is 0 Å². The Morgan fingerprint density at radius 2 is 2.00 bits per heavy atom. The zero-order valence-electron chi connectivity index (χ0n) is 8.48. The Morgan fingerprint density at radius 1 is 1.27 bits per heavy atom. The van der Waals surface area contributed by atoms with Crippen molar-refractivity contribution in [3.8, 4) is 0 Å². The monoisotopic (exact) mass is 210 g/mol. The molecule has 0 aromatic heterocycles. The molecule has 2 atom stereocenters. The van der Waals surface area contributed by atoms with Crippen molar-refractivity contribution < 1.29 is 14.7 Å². The number of carboxylic acid groups (broad SMARTS) is 1. The number of piperidine rings is 1. The summed E-state index contributed by atoms with van der Waals surface area (Å²) in [7, 11) is 0. The number of rotatable bonds is 1. The van der Waals surface area contributed by atoms with Gasteiger partial charge in [-0.2, -0.15) is 0 Å². The molecule has 1 aliphatic carbocycles. The number of hydrogen-bond donors (Lipinski definition) is 1. The van der Waals surface area contributed by atoms with E-state index >= 15 is 0 Å². The second-order valence-electron chi connectivity index (χ2n) is 4.87. The van der Waals surface area contributed by atoms with Gasteiger partial charge in [-0.25, -0.2) is 4.79 Å². The van der Waals surface area contributed by atoms with Crippen LogP contribution in [0.15, 0.2) is 0 Å². The minimum Gasteiger partial charge on any atom is -0.481 e. The maximum absolute atomic E-state index is 11.8. The van der Waals surface area contributed by atoms with Crippen molar-refractivity contribution in [3.63, 3.8) is 0 Å². The molecule has 3 aliphatic rings. The van der Waals surface area contributed by atoms with Gasteiger partial charge in [-0.05, 0) is 18.8 Å². The third-order valence-corrected chi connectivity index (χ3v) is 3.97. The van der Waals surface area contributed by atoms with E-state index in [2.05, 4.69) is 0 Å². The summed E-state index contributed by atoms with van der Waals surface area (Å²) in [5.74, 6) is -0.522. The van der Waals surface area contributed by atoms with Crippen LogP contribution in [0.1, 0.15) is 12.8 Å². The highest BCUT2D eigenvalue weighted by molar-refractivity contribution is 5.83. The Morgan fingerprint density at radius 3 is 2.47 bits per heavy atom. The van der Waals surface area contributed by atoms with Gasteiger partial charge in [0, 0.05) is 26.2 Å². The van der Waals surface area contributed by atoms with Crippen LogP contribution < -0.4 is 0 Å². The fourth-order valence-electron chi connectivity index (χ4n) is 2.67. The van der Waals surface area contributed by atoms with E-state index in [0.717, 1.165) is 25.9 Å². The SMILES string of the molecule is O=C(N1CCC1)N1CC2CC2(C(=O)O)C1. The van der Waals surface area contributed by atoms with Gasteiger partial charge in [0.15, 0.2) is 0 Å². The van der Waals surface area contributed by atoms with Gasteiger partial charge in [-0.1, -0.05) is 0 Å². The molecule has 3 fully saturated rings. The van der Waals surface area contributed by atoms with Crippen LogP contribution in [-0.4, -0.2) is 53.1 Å². The van der Waals surface area contributed by atoms with Gasteiger partial charge in [0.05, 0.1) is 5.41 Å².